The number of likely N-dealkylation sites (tertiary alicyclic amines) is 1. The number of piperidine rings is 1. The molecule has 162 valence electrons. The predicted molar refractivity (Wildman–Crippen MR) is 110 cm³/mol. The summed E-state index contributed by atoms with van der Waals surface area (Å²) in [5, 5.41) is 5.88. The Labute approximate surface area is 173 Å². The van der Waals surface area contributed by atoms with E-state index in [1.54, 1.807) is 14.1 Å². The fourth-order valence-electron chi connectivity index (χ4n) is 3.22. The SMILES string of the molecule is CN(C)c1cc(C(F)(F)F)nc(NC2CCN(CC(=O)Nc3ccccc3)CC2)n1. The van der Waals surface area contributed by atoms with Crippen LogP contribution in [0.4, 0.5) is 30.6 Å². The van der Waals surface area contributed by atoms with Crippen molar-refractivity contribution < 1.29 is 18.0 Å². The summed E-state index contributed by atoms with van der Waals surface area (Å²) >= 11 is 0. The van der Waals surface area contributed by atoms with Gasteiger partial charge >= 0.3 is 6.18 Å². The van der Waals surface area contributed by atoms with Crippen molar-refractivity contribution in [1.82, 2.24) is 14.9 Å². The van der Waals surface area contributed by atoms with Crippen LogP contribution in [-0.4, -0.2) is 60.5 Å². The van der Waals surface area contributed by atoms with Crippen molar-refractivity contribution in [1.29, 1.82) is 0 Å². The Bertz CT molecular complexity index is 851. The molecule has 3 rings (SSSR count). The largest absolute Gasteiger partial charge is 0.433 e. The van der Waals surface area contributed by atoms with E-state index in [4.69, 9.17) is 0 Å². The molecule has 2 aromatic rings. The number of anilines is 3. The first kappa shape index (κ1) is 21.8. The van der Waals surface area contributed by atoms with Crippen LogP contribution in [0.25, 0.3) is 0 Å². The second-order valence-electron chi connectivity index (χ2n) is 7.44. The number of benzene rings is 1. The molecule has 30 heavy (non-hydrogen) atoms. The number of nitrogens with zero attached hydrogens (tertiary/aromatic N) is 4. The zero-order valence-corrected chi connectivity index (χ0v) is 16.9. The van der Waals surface area contributed by atoms with Gasteiger partial charge in [0.05, 0.1) is 6.54 Å². The van der Waals surface area contributed by atoms with E-state index in [0.29, 0.717) is 25.9 Å². The first-order valence-electron chi connectivity index (χ1n) is 9.68. The summed E-state index contributed by atoms with van der Waals surface area (Å²) in [7, 11) is 3.26. The highest BCUT2D eigenvalue weighted by atomic mass is 19.4. The Morgan fingerprint density at radius 3 is 2.43 bits per heavy atom. The van der Waals surface area contributed by atoms with Crippen LogP contribution in [0.5, 0.6) is 0 Å². The summed E-state index contributed by atoms with van der Waals surface area (Å²) in [6.07, 6.45) is -3.19. The first-order chi connectivity index (χ1) is 14.2. The molecule has 1 amide bonds. The summed E-state index contributed by atoms with van der Waals surface area (Å²) in [6, 6.07) is 10.1. The number of rotatable bonds is 6. The Balaban J connectivity index is 1.54. The number of hydrogen-bond acceptors (Lipinski definition) is 6. The van der Waals surface area contributed by atoms with Crippen molar-refractivity contribution in [2.75, 3.05) is 49.3 Å². The van der Waals surface area contributed by atoms with Crippen LogP contribution in [0.3, 0.4) is 0 Å². The topological polar surface area (TPSA) is 73.4 Å². The predicted octanol–water partition coefficient (Wildman–Crippen LogP) is 3.08. The Morgan fingerprint density at radius 2 is 1.83 bits per heavy atom. The van der Waals surface area contributed by atoms with Gasteiger partial charge in [0.1, 0.15) is 5.82 Å². The highest BCUT2D eigenvalue weighted by Crippen LogP contribution is 2.30. The lowest BCUT2D eigenvalue weighted by atomic mass is 10.1. The molecule has 1 fully saturated rings. The molecule has 0 saturated carbocycles. The van der Waals surface area contributed by atoms with Crippen LogP contribution in [0.1, 0.15) is 18.5 Å². The molecule has 0 radical (unpaired) electrons. The van der Waals surface area contributed by atoms with Gasteiger partial charge in [0.2, 0.25) is 11.9 Å². The standard InChI is InChI=1S/C20H25F3N6O/c1-28(2)17-12-16(20(21,22)23)26-19(27-17)25-15-8-10-29(11-9-15)13-18(30)24-14-6-4-3-5-7-14/h3-7,12,15H,8-11,13H2,1-2H3,(H,24,30)(H,25,26,27). The molecule has 0 spiro atoms. The molecule has 0 aliphatic carbocycles. The molecule has 0 atom stereocenters. The summed E-state index contributed by atoms with van der Waals surface area (Å²) in [6.45, 7) is 1.57. The monoisotopic (exact) mass is 422 g/mol. The third-order valence-electron chi connectivity index (χ3n) is 4.81. The number of halogens is 3. The zero-order chi connectivity index (χ0) is 21.7. The molecule has 2 heterocycles. The molecule has 2 N–H and O–H groups in total. The van der Waals surface area contributed by atoms with Gasteiger partial charge in [0.25, 0.3) is 0 Å². The van der Waals surface area contributed by atoms with Gasteiger partial charge in [-0.05, 0) is 25.0 Å². The van der Waals surface area contributed by atoms with Crippen LogP contribution >= 0.6 is 0 Å². The average Bonchev–Trinajstić information content (AvgIpc) is 2.69. The molecular formula is C20H25F3N6O. The Kier molecular flexibility index (Phi) is 6.76. The van der Waals surface area contributed by atoms with E-state index in [0.717, 1.165) is 11.8 Å². The van der Waals surface area contributed by atoms with Gasteiger partial charge in [-0.1, -0.05) is 18.2 Å². The lowest BCUT2D eigenvalue weighted by molar-refractivity contribution is -0.141. The number of para-hydroxylation sites is 1. The van der Waals surface area contributed by atoms with Crippen molar-refractivity contribution in [2.45, 2.75) is 25.1 Å². The number of aromatic nitrogens is 2. The number of amides is 1. The summed E-state index contributed by atoms with van der Waals surface area (Å²) in [5.74, 6) is 0.0630. The van der Waals surface area contributed by atoms with Crippen molar-refractivity contribution >= 4 is 23.4 Å². The van der Waals surface area contributed by atoms with Crippen molar-refractivity contribution in [3.63, 3.8) is 0 Å². The molecule has 10 heteroatoms. The second-order valence-corrected chi connectivity index (χ2v) is 7.44. The van der Waals surface area contributed by atoms with Crippen LogP contribution in [0.2, 0.25) is 0 Å². The molecule has 1 aromatic heterocycles. The van der Waals surface area contributed by atoms with Crippen LogP contribution in [0, 0.1) is 0 Å². The minimum absolute atomic E-state index is 0.0335. The van der Waals surface area contributed by atoms with E-state index in [9.17, 15) is 18.0 Å². The van der Waals surface area contributed by atoms with Crippen LogP contribution < -0.4 is 15.5 Å². The molecule has 0 bridgehead atoms. The molecular weight excluding hydrogens is 397 g/mol. The van der Waals surface area contributed by atoms with Crippen LogP contribution in [0.15, 0.2) is 36.4 Å². The quantitative estimate of drug-likeness (QED) is 0.746. The summed E-state index contributed by atoms with van der Waals surface area (Å²) < 4.78 is 39.4. The van der Waals surface area contributed by atoms with Crippen molar-refractivity contribution in [3.8, 4) is 0 Å². The maximum atomic E-state index is 13.1. The van der Waals surface area contributed by atoms with E-state index >= 15 is 0 Å². The van der Waals surface area contributed by atoms with E-state index in [-0.39, 0.29) is 30.3 Å². The normalized spacial score (nSPS) is 15.6. The minimum atomic E-state index is -4.54. The molecule has 7 nitrogen and oxygen atoms in total. The Hall–Kier alpha value is -2.88. The number of nitrogens with one attached hydrogen (secondary N) is 2. The molecule has 0 unspecified atom stereocenters. The van der Waals surface area contributed by atoms with Gasteiger partial charge in [0, 0.05) is 45.0 Å². The molecule has 1 aliphatic heterocycles. The summed E-state index contributed by atoms with van der Waals surface area (Å²) in [4.78, 5) is 23.5. The zero-order valence-electron chi connectivity index (χ0n) is 16.9. The number of carbonyl (C=O) groups excluding carboxylic acids is 1. The van der Waals surface area contributed by atoms with Gasteiger partial charge in [-0.2, -0.15) is 18.2 Å². The highest BCUT2D eigenvalue weighted by molar-refractivity contribution is 5.92. The lowest BCUT2D eigenvalue weighted by Gasteiger charge is -2.32. The highest BCUT2D eigenvalue weighted by Gasteiger charge is 2.34. The maximum Gasteiger partial charge on any atom is 0.433 e. The average molecular weight is 422 g/mol. The summed E-state index contributed by atoms with van der Waals surface area (Å²) in [5.41, 5.74) is -0.226. The second kappa shape index (κ2) is 9.29. The fourth-order valence-corrected chi connectivity index (χ4v) is 3.22. The van der Waals surface area contributed by atoms with E-state index in [1.807, 2.05) is 35.2 Å². The van der Waals surface area contributed by atoms with Crippen molar-refractivity contribution in [2.24, 2.45) is 0 Å². The lowest BCUT2D eigenvalue weighted by Crippen LogP contribution is -2.42. The van der Waals surface area contributed by atoms with E-state index in [1.165, 1.54) is 4.90 Å². The number of alkyl halides is 3. The van der Waals surface area contributed by atoms with E-state index < -0.39 is 11.9 Å². The maximum absolute atomic E-state index is 13.1. The fraction of sp³-hybridized carbons (Fsp3) is 0.450. The number of carbonyl (C=O) groups is 1. The van der Waals surface area contributed by atoms with Gasteiger partial charge in [-0.25, -0.2) is 4.98 Å². The van der Waals surface area contributed by atoms with Crippen molar-refractivity contribution in [3.05, 3.63) is 42.1 Å². The molecule has 1 aliphatic rings. The molecule has 1 aromatic carbocycles. The smallest absolute Gasteiger partial charge is 0.363 e. The van der Waals surface area contributed by atoms with Gasteiger partial charge in [-0.3, -0.25) is 9.69 Å². The van der Waals surface area contributed by atoms with Gasteiger partial charge in [0.15, 0.2) is 5.69 Å². The number of hydrogen-bond donors (Lipinski definition) is 2. The van der Waals surface area contributed by atoms with E-state index in [2.05, 4.69) is 20.6 Å². The third kappa shape index (κ3) is 6.06. The first-order valence-corrected chi connectivity index (χ1v) is 9.68. The Morgan fingerprint density at radius 1 is 1.17 bits per heavy atom. The minimum Gasteiger partial charge on any atom is -0.363 e. The third-order valence-corrected chi connectivity index (χ3v) is 4.81. The van der Waals surface area contributed by atoms with Gasteiger partial charge < -0.3 is 15.5 Å². The van der Waals surface area contributed by atoms with Gasteiger partial charge in [-0.15, -0.1) is 0 Å². The van der Waals surface area contributed by atoms with Crippen LogP contribution in [-0.2, 0) is 11.0 Å². The molecule has 1 saturated heterocycles.